The summed E-state index contributed by atoms with van der Waals surface area (Å²) in [6, 6.07) is 1.85. The molecule has 0 aliphatic rings. The second-order valence-corrected chi connectivity index (χ2v) is 1.81. The summed E-state index contributed by atoms with van der Waals surface area (Å²) in [4.78, 5) is 0.728. The van der Waals surface area contributed by atoms with Crippen LogP contribution in [-0.2, 0) is 0 Å². The SMILES string of the molecule is C=C/C=C(S)/C=C\C#N. The van der Waals surface area contributed by atoms with E-state index in [0.29, 0.717) is 0 Å². The fraction of sp³-hybridized carbons (Fsp3) is 0. The number of nitriles is 1. The van der Waals surface area contributed by atoms with E-state index in [4.69, 9.17) is 5.26 Å². The first-order valence-electron chi connectivity index (χ1n) is 2.39. The molecule has 46 valence electrons. The standard InChI is InChI=1S/C7H7NS/c1-2-4-7(9)5-3-6-8/h2-5,9H,1H2/b5-3-,7-4-. The first kappa shape index (κ1) is 8.06. The van der Waals surface area contributed by atoms with E-state index in [-0.39, 0.29) is 0 Å². The molecule has 0 aromatic rings. The van der Waals surface area contributed by atoms with E-state index < -0.39 is 0 Å². The average molecular weight is 137 g/mol. The Bertz CT molecular complexity index is 184. The van der Waals surface area contributed by atoms with E-state index in [0.717, 1.165) is 4.91 Å². The van der Waals surface area contributed by atoms with Crippen molar-refractivity contribution in [1.82, 2.24) is 0 Å². The van der Waals surface area contributed by atoms with Crippen LogP contribution < -0.4 is 0 Å². The molecule has 0 bridgehead atoms. The second-order valence-electron chi connectivity index (χ2n) is 1.29. The number of nitrogens with zero attached hydrogens (tertiary/aromatic N) is 1. The minimum atomic E-state index is 0.728. The van der Waals surface area contributed by atoms with Crippen molar-refractivity contribution in [3.63, 3.8) is 0 Å². The van der Waals surface area contributed by atoms with Crippen molar-refractivity contribution in [1.29, 1.82) is 5.26 Å². The zero-order valence-electron chi connectivity index (χ0n) is 4.91. The van der Waals surface area contributed by atoms with Gasteiger partial charge in [0.05, 0.1) is 6.07 Å². The molecular formula is C7H7NS. The predicted molar refractivity (Wildman–Crippen MR) is 42.0 cm³/mol. The lowest BCUT2D eigenvalue weighted by Crippen LogP contribution is -1.58. The Kier molecular flexibility index (Phi) is 4.66. The molecule has 9 heavy (non-hydrogen) atoms. The van der Waals surface area contributed by atoms with Crippen LogP contribution in [0.25, 0.3) is 0 Å². The van der Waals surface area contributed by atoms with E-state index in [1.165, 1.54) is 6.08 Å². The summed E-state index contributed by atoms with van der Waals surface area (Å²) in [7, 11) is 0. The Morgan fingerprint density at radius 3 is 2.78 bits per heavy atom. The average Bonchev–Trinajstić information content (AvgIpc) is 1.85. The van der Waals surface area contributed by atoms with Gasteiger partial charge in [0.1, 0.15) is 0 Å². The minimum Gasteiger partial charge on any atom is -0.193 e. The van der Waals surface area contributed by atoms with Crippen molar-refractivity contribution in [2.24, 2.45) is 0 Å². The molecule has 0 aliphatic carbocycles. The van der Waals surface area contributed by atoms with E-state index in [1.54, 1.807) is 18.2 Å². The fourth-order valence-corrected chi connectivity index (χ4v) is 0.479. The third kappa shape index (κ3) is 4.92. The molecule has 0 saturated heterocycles. The highest BCUT2D eigenvalue weighted by molar-refractivity contribution is 7.84. The smallest absolute Gasteiger partial charge is 0.0912 e. The molecule has 0 aromatic heterocycles. The molecule has 0 aliphatic heterocycles. The lowest BCUT2D eigenvalue weighted by Gasteiger charge is -1.80. The summed E-state index contributed by atoms with van der Waals surface area (Å²) >= 11 is 4.00. The summed E-state index contributed by atoms with van der Waals surface area (Å²) in [5, 5.41) is 8.06. The third-order valence-corrected chi connectivity index (χ3v) is 0.915. The van der Waals surface area contributed by atoms with Crippen LogP contribution in [0, 0.1) is 11.3 Å². The van der Waals surface area contributed by atoms with Gasteiger partial charge in [0, 0.05) is 11.0 Å². The van der Waals surface area contributed by atoms with Crippen molar-refractivity contribution >= 4 is 12.6 Å². The minimum absolute atomic E-state index is 0.728. The van der Waals surface area contributed by atoms with Crippen molar-refractivity contribution in [3.8, 4) is 6.07 Å². The Morgan fingerprint density at radius 1 is 1.67 bits per heavy atom. The lowest BCUT2D eigenvalue weighted by molar-refractivity contribution is 1.53. The van der Waals surface area contributed by atoms with Crippen molar-refractivity contribution in [2.75, 3.05) is 0 Å². The van der Waals surface area contributed by atoms with Gasteiger partial charge >= 0.3 is 0 Å². The first-order chi connectivity index (χ1) is 4.31. The molecule has 0 heterocycles. The van der Waals surface area contributed by atoms with Gasteiger partial charge in [-0.15, -0.1) is 12.6 Å². The van der Waals surface area contributed by atoms with Crippen LogP contribution in [0.3, 0.4) is 0 Å². The largest absolute Gasteiger partial charge is 0.193 e. The van der Waals surface area contributed by atoms with Crippen LogP contribution in [-0.4, -0.2) is 0 Å². The van der Waals surface area contributed by atoms with Gasteiger partial charge in [-0.25, -0.2) is 0 Å². The maximum Gasteiger partial charge on any atom is 0.0912 e. The molecule has 0 spiro atoms. The van der Waals surface area contributed by atoms with E-state index in [9.17, 15) is 0 Å². The summed E-state index contributed by atoms with van der Waals surface area (Å²) < 4.78 is 0. The molecule has 0 aromatic carbocycles. The maximum absolute atomic E-state index is 8.06. The van der Waals surface area contributed by atoms with E-state index >= 15 is 0 Å². The molecule has 0 rings (SSSR count). The maximum atomic E-state index is 8.06. The van der Waals surface area contributed by atoms with E-state index in [1.807, 2.05) is 6.07 Å². The van der Waals surface area contributed by atoms with Crippen molar-refractivity contribution in [2.45, 2.75) is 0 Å². The molecule has 0 unspecified atom stereocenters. The molecule has 0 amide bonds. The molecule has 0 saturated carbocycles. The van der Waals surface area contributed by atoms with Gasteiger partial charge in [0.15, 0.2) is 0 Å². The molecule has 0 fully saturated rings. The van der Waals surface area contributed by atoms with Gasteiger partial charge in [-0.3, -0.25) is 0 Å². The van der Waals surface area contributed by atoms with Gasteiger partial charge in [0.25, 0.3) is 0 Å². The zero-order chi connectivity index (χ0) is 7.11. The summed E-state index contributed by atoms with van der Waals surface area (Å²) in [5.74, 6) is 0. The molecular weight excluding hydrogens is 130 g/mol. The van der Waals surface area contributed by atoms with Gasteiger partial charge < -0.3 is 0 Å². The number of hydrogen-bond donors (Lipinski definition) is 1. The normalized spacial score (nSPS) is 11.3. The third-order valence-electron chi connectivity index (χ3n) is 0.617. The van der Waals surface area contributed by atoms with Crippen LogP contribution in [0.1, 0.15) is 0 Å². The Labute approximate surface area is 60.4 Å². The van der Waals surface area contributed by atoms with Gasteiger partial charge in [-0.1, -0.05) is 12.7 Å². The van der Waals surface area contributed by atoms with Gasteiger partial charge in [-0.2, -0.15) is 5.26 Å². The molecule has 0 atom stereocenters. The van der Waals surface area contributed by atoms with Crippen LogP contribution in [0.15, 0.2) is 35.8 Å². The topological polar surface area (TPSA) is 23.8 Å². The number of allylic oxidation sites excluding steroid dienone is 4. The highest BCUT2D eigenvalue weighted by Crippen LogP contribution is 2.00. The van der Waals surface area contributed by atoms with Crippen LogP contribution in [0.4, 0.5) is 0 Å². The Morgan fingerprint density at radius 2 is 2.33 bits per heavy atom. The number of rotatable bonds is 2. The quantitative estimate of drug-likeness (QED) is 0.351. The Balaban J connectivity index is 3.93. The van der Waals surface area contributed by atoms with Crippen LogP contribution in [0.5, 0.6) is 0 Å². The van der Waals surface area contributed by atoms with Gasteiger partial charge in [-0.05, 0) is 12.2 Å². The van der Waals surface area contributed by atoms with E-state index in [2.05, 4.69) is 19.2 Å². The second kappa shape index (κ2) is 5.20. The molecule has 2 heteroatoms. The van der Waals surface area contributed by atoms with Gasteiger partial charge in [0.2, 0.25) is 0 Å². The summed E-state index contributed by atoms with van der Waals surface area (Å²) in [6.07, 6.45) is 6.29. The monoisotopic (exact) mass is 137 g/mol. The molecule has 0 radical (unpaired) electrons. The first-order valence-corrected chi connectivity index (χ1v) is 2.84. The van der Waals surface area contributed by atoms with Crippen LogP contribution in [0.2, 0.25) is 0 Å². The highest BCUT2D eigenvalue weighted by Gasteiger charge is 1.75. The molecule has 0 N–H and O–H groups in total. The summed E-state index contributed by atoms with van der Waals surface area (Å²) in [6.45, 7) is 3.47. The molecule has 1 nitrogen and oxygen atoms in total. The number of thiol groups is 1. The Hall–Kier alpha value is -0.940. The lowest BCUT2D eigenvalue weighted by atomic mass is 10.4. The fourth-order valence-electron chi connectivity index (χ4n) is 0.299. The highest BCUT2D eigenvalue weighted by atomic mass is 32.1. The summed E-state index contributed by atoms with van der Waals surface area (Å²) in [5.41, 5.74) is 0. The number of hydrogen-bond acceptors (Lipinski definition) is 2. The van der Waals surface area contributed by atoms with Crippen molar-refractivity contribution in [3.05, 3.63) is 35.8 Å². The zero-order valence-corrected chi connectivity index (χ0v) is 5.81. The van der Waals surface area contributed by atoms with Crippen molar-refractivity contribution < 1.29 is 0 Å². The van der Waals surface area contributed by atoms with Crippen LogP contribution >= 0.6 is 12.6 Å². The predicted octanol–water partition coefficient (Wildman–Crippen LogP) is 2.07.